The van der Waals surface area contributed by atoms with Gasteiger partial charge in [-0.25, -0.2) is 4.98 Å². The van der Waals surface area contributed by atoms with Crippen molar-refractivity contribution in [2.45, 2.75) is 44.0 Å². The Kier molecular flexibility index (Phi) is 6.14. The molecule has 0 bridgehead atoms. The van der Waals surface area contributed by atoms with E-state index < -0.39 is 5.25 Å². The van der Waals surface area contributed by atoms with Crippen LogP contribution < -0.4 is 10.9 Å². The molecule has 2 heterocycles. The predicted molar refractivity (Wildman–Crippen MR) is 127 cm³/mol. The van der Waals surface area contributed by atoms with E-state index in [-0.39, 0.29) is 17.4 Å². The van der Waals surface area contributed by atoms with Crippen LogP contribution in [0.15, 0.2) is 69.1 Å². The van der Waals surface area contributed by atoms with E-state index in [4.69, 9.17) is 9.51 Å². The molecule has 0 aliphatic rings. The highest BCUT2D eigenvalue weighted by molar-refractivity contribution is 8.00. The first-order chi connectivity index (χ1) is 15.3. The summed E-state index contributed by atoms with van der Waals surface area (Å²) in [5.74, 6) is 0.915. The lowest BCUT2D eigenvalue weighted by Crippen LogP contribution is -2.27. The average Bonchev–Trinajstić information content (AvgIpc) is 3.18. The van der Waals surface area contributed by atoms with Crippen LogP contribution in [0.5, 0.6) is 0 Å². The maximum Gasteiger partial charge on any atom is 0.266 e. The quantitative estimate of drug-likeness (QED) is 0.332. The molecule has 1 unspecified atom stereocenters. The van der Waals surface area contributed by atoms with Crippen molar-refractivity contribution in [2.24, 2.45) is 0 Å². The van der Waals surface area contributed by atoms with Gasteiger partial charge in [0, 0.05) is 6.07 Å². The maximum absolute atomic E-state index is 13.6. The fourth-order valence-electron chi connectivity index (χ4n) is 3.45. The molecule has 1 N–H and O–H groups in total. The van der Waals surface area contributed by atoms with E-state index in [0.29, 0.717) is 27.6 Å². The number of benzene rings is 2. The van der Waals surface area contributed by atoms with Gasteiger partial charge in [0.1, 0.15) is 5.76 Å². The Labute approximate surface area is 189 Å². The Bertz CT molecular complexity index is 1340. The molecule has 164 valence electrons. The molecule has 2 aromatic heterocycles. The third-order valence-electron chi connectivity index (χ3n) is 5.08. The van der Waals surface area contributed by atoms with Crippen molar-refractivity contribution >= 4 is 34.4 Å². The number of rotatable bonds is 6. The lowest BCUT2D eigenvalue weighted by atomic mass is 10.0. The Balaban J connectivity index is 1.79. The number of carbonyl (C=O) groups is 1. The lowest BCUT2D eigenvalue weighted by molar-refractivity contribution is -0.115. The number of anilines is 1. The van der Waals surface area contributed by atoms with E-state index in [0.717, 1.165) is 11.3 Å². The first-order valence-electron chi connectivity index (χ1n) is 10.4. The van der Waals surface area contributed by atoms with Crippen LogP contribution in [0.3, 0.4) is 0 Å². The third-order valence-corrected chi connectivity index (χ3v) is 6.13. The fraction of sp³-hybridized carbons (Fsp3) is 0.250. The lowest BCUT2D eigenvalue weighted by Gasteiger charge is -2.19. The van der Waals surface area contributed by atoms with Gasteiger partial charge in [0.15, 0.2) is 11.0 Å². The second-order valence-corrected chi connectivity index (χ2v) is 9.15. The van der Waals surface area contributed by atoms with Gasteiger partial charge >= 0.3 is 0 Å². The number of amides is 1. The average molecular weight is 449 g/mol. The molecule has 0 aliphatic carbocycles. The minimum atomic E-state index is -0.530. The number of hydrogen-bond acceptors (Lipinski definition) is 6. The van der Waals surface area contributed by atoms with Crippen LogP contribution in [0, 0.1) is 6.92 Å². The number of aryl methyl sites for hydroxylation is 1. The molecule has 1 amide bonds. The molecule has 0 saturated heterocycles. The Morgan fingerprint density at radius 3 is 2.53 bits per heavy atom. The van der Waals surface area contributed by atoms with Crippen molar-refractivity contribution in [1.82, 2.24) is 14.7 Å². The van der Waals surface area contributed by atoms with E-state index in [2.05, 4.69) is 24.3 Å². The zero-order chi connectivity index (χ0) is 22.8. The molecule has 2 aromatic carbocycles. The van der Waals surface area contributed by atoms with Gasteiger partial charge in [-0.3, -0.25) is 14.2 Å². The van der Waals surface area contributed by atoms with Crippen LogP contribution in [0.1, 0.15) is 38.0 Å². The number of nitrogens with zero attached hydrogens (tertiary/aromatic N) is 3. The van der Waals surface area contributed by atoms with E-state index in [9.17, 15) is 9.59 Å². The summed E-state index contributed by atoms with van der Waals surface area (Å²) in [6, 6.07) is 16.7. The molecule has 7 nitrogen and oxygen atoms in total. The van der Waals surface area contributed by atoms with Crippen LogP contribution in [0.25, 0.3) is 16.6 Å². The summed E-state index contributed by atoms with van der Waals surface area (Å²) in [5.41, 5.74) is 2.24. The topological polar surface area (TPSA) is 90.0 Å². The van der Waals surface area contributed by atoms with Crippen LogP contribution in [-0.4, -0.2) is 25.9 Å². The summed E-state index contributed by atoms with van der Waals surface area (Å²) < 4.78 is 6.63. The molecule has 4 rings (SSSR count). The van der Waals surface area contributed by atoms with E-state index in [1.165, 1.54) is 11.8 Å². The first-order valence-corrected chi connectivity index (χ1v) is 11.2. The Morgan fingerprint density at radius 2 is 1.81 bits per heavy atom. The van der Waals surface area contributed by atoms with E-state index in [1.54, 1.807) is 30.5 Å². The Morgan fingerprint density at radius 1 is 1.09 bits per heavy atom. The summed E-state index contributed by atoms with van der Waals surface area (Å²) in [4.78, 5) is 31.1. The molecule has 0 aliphatic heterocycles. The van der Waals surface area contributed by atoms with Crippen LogP contribution >= 0.6 is 11.8 Å². The molecule has 0 fully saturated rings. The highest BCUT2D eigenvalue weighted by atomic mass is 32.2. The third kappa shape index (κ3) is 4.31. The highest BCUT2D eigenvalue weighted by Gasteiger charge is 2.22. The van der Waals surface area contributed by atoms with Crippen molar-refractivity contribution in [1.29, 1.82) is 0 Å². The number of hydrogen-bond donors (Lipinski definition) is 1. The maximum atomic E-state index is 13.6. The van der Waals surface area contributed by atoms with Gasteiger partial charge in [0.05, 0.1) is 21.8 Å². The molecule has 4 aromatic rings. The highest BCUT2D eigenvalue weighted by Crippen LogP contribution is 2.29. The van der Waals surface area contributed by atoms with E-state index in [1.807, 2.05) is 42.5 Å². The molecular formula is C24H24N4O3S. The fourth-order valence-corrected chi connectivity index (χ4v) is 4.37. The zero-order valence-electron chi connectivity index (χ0n) is 18.3. The number of nitrogens with one attached hydrogen (secondary N) is 1. The van der Waals surface area contributed by atoms with Crippen molar-refractivity contribution in [2.75, 3.05) is 5.32 Å². The van der Waals surface area contributed by atoms with Gasteiger partial charge in [-0.05, 0) is 43.5 Å². The summed E-state index contributed by atoms with van der Waals surface area (Å²) in [6.45, 7) is 7.69. The number of fused-ring (bicyclic) bond motifs is 1. The Hall–Kier alpha value is -3.39. The minimum Gasteiger partial charge on any atom is -0.360 e. The van der Waals surface area contributed by atoms with Crippen LogP contribution in [0.2, 0.25) is 0 Å². The number of thioether (sulfide) groups is 1. The summed E-state index contributed by atoms with van der Waals surface area (Å²) >= 11 is 1.23. The van der Waals surface area contributed by atoms with Crippen molar-refractivity contribution in [3.05, 3.63) is 76.3 Å². The molecular weight excluding hydrogens is 424 g/mol. The van der Waals surface area contributed by atoms with Crippen LogP contribution in [0.4, 0.5) is 5.82 Å². The number of aromatic nitrogens is 3. The summed E-state index contributed by atoms with van der Waals surface area (Å²) in [6.07, 6.45) is 0. The molecule has 32 heavy (non-hydrogen) atoms. The van der Waals surface area contributed by atoms with Gasteiger partial charge < -0.3 is 9.84 Å². The first kappa shape index (κ1) is 21.8. The number of para-hydroxylation sites is 2. The van der Waals surface area contributed by atoms with Crippen LogP contribution in [-0.2, 0) is 4.79 Å². The zero-order valence-corrected chi connectivity index (χ0v) is 19.1. The van der Waals surface area contributed by atoms with Gasteiger partial charge in [0.2, 0.25) is 5.91 Å². The second-order valence-electron chi connectivity index (χ2n) is 7.84. The molecule has 0 saturated carbocycles. The smallest absolute Gasteiger partial charge is 0.266 e. The molecule has 0 radical (unpaired) electrons. The molecule has 0 spiro atoms. The largest absolute Gasteiger partial charge is 0.360 e. The van der Waals surface area contributed by atoms with Crippen molar-refractivity contribution in [3.8, 4) is 5.69 Å². The van der Waals surface area contributed by atoms with Gasteiger partial charge in [-0.15, -0.1) is 0 Å². The minimum absolute atomic E-state index is 0.161. The standard InChI is InChI=1S/C24H24N4O3S/c1-14(2)17-9-6-8-12-20(17)28-23(30)18-10-5-7-11-19(18)25-24(28)32-16(4)22(29)26-21-13-15(3)31-27-21/h5-14,16H,1-4H3,(H,26,27,29). The SMILES string of the molecule is Cc1cc(NC(=O)C(C)Sc2nc3ccccc3c(=O)n2-c2ccccc2C(C)C)no1. The van der Waals surface area contributed by atoms with Gasteiger partial charge in [-0.1, -0.05) is 61.1 Å². The number of carbonyl (C=O) groups excluding carboxylic acids is 1. The van der Waals surface area contributed by atoms with Crippen molar-refractivity contribution < 1.29 is 9.32 Å². The predicted octanol–water partition coefficient (Wildman–Crippen LogP) is 4.92. The molecule has 1 atom stereocenters. The summed E-state index contributed by atoms with van der Waals surface area (Å²) in [5, 5.41) is 7.01. The van der Waals surface area contributed by atoms with E-state index >= 15 is 0 Å². The monoisotopic (exact) mass is 448 g/mol. The van der Waals surface area contributed by atoms with Crippen molar-refractivity contribution in [3.63, 3.8) is 0 Å². The second kappa shape index (κ2) is 9.00. The van der Waals surface area contributed by atoms with Gasteiger partial charge in [0.25, 0.3) is 5.56 Å². The molecule has 8 heteroatoms. The van der Waals surface area contributed by atoms with Gasteiger partial charge in [-0.2, -0.15) is 0 Å². The summed E-state index contributed by atoms with van der Waals surface area (Å²) in [7, 11) is 0. The normalized spacial score (nSPS) is 12.3.